The van der Waals surface area contributed by atoms with Gasteiger partial charge in [-0.05, 0) is 37.3 Å². The van der Waals surface area contributed by atoms with E-state index >= 15 is 0 Å². The molecule has 6 nitrogen and oxygen atoms in total. The number of hydrogen-bond donors (Lipinski definition) is 2. The summed E-state index contributed by atoms with van der Waals surface area (Å²) < 4.78 is 0. The predicted octanol–water partition coefficient (Wildman–Crippen LogP) is 3.34. The van der Waals surface area contributed by atoms with Crippen LogP contribution >= 0.6 is 0 Å². The molecule has 6 heteroatoms. The van der Waals surface area contributed by atoms with Gasteiger partial charge in [0.1, 0.15) is 0 Å². The van der Waals surface area contributed by atoms with Crippen molar-refractivity contribution in [1.29, 1.82) is 0 Å². The maximum Gasteiger partial charge on any atom is 0.226 e. The van der Waals surface area contributed by atoms with Crippen LogP contribution in [-0.4, -0.2) is 24.3 Å². The Kier molecular flexibility index (Phi) is 6.49. The first-order valence-electron chi connectivity index (χ1n) is 8.37. The average molecular weight is 353 g/mol. The SMILES string of the molecule is CC(=O)Nc1cccc(NC(=O)CCN(C(C)=O)c2ccc(C)cc2)c1. The minimum atomic E-state index is -0.205. The molecule has 0 bridgehead atoms. The number of carbonyl (C=O) groups excluding carboxylic acids is 3. The minimum absolute atomic E-state index is 0.116. The van der Waals surface area contributed by atoms with Crippen LogP contribution in [0.25, 0.3) is 0 Å². The van der Waals surface area contributed by atoms with Gasteiger partial charge in [0.2, 0.25) is 17.7 Å². The van der Waals surface area contributed by atoms with Gasteiger partial charge in [0.25, 0.3) is 0 Å². The maximum atomic E-state index is 12.2. The molecule has 26 heavy (non-hydrogen) atoms. The van der Waals surface area contributed by atoms with Gasteiger partial charge in [0, 0.05) is 43.9 Å². The lowest BCUT2D eigenvalue weighted by Crippen LogP contribution is -2.31. The molecule has 2 aromatic carbocycles. The number of anilines is 3. The highest BCUT2D eigenvalue weighted by molar-refractivity contribution is 5.95. The van der Waals surface area contributed by atoms with Crippen LogP contribution in [0, 0.1) is 6.92 Å². The summed E-state index contributed by atoms with van der Waals surface area (Å²) in [7, 11) is 0. The predicted molar refractivity (Wildman–Crippen MR) is 103 cm³/mol. The van der Waals surface area contributed by atoms with Gasteiger partial charge in [-0.25, -0.2) is 0 Å². The van der Waals surface area contributed by atoms with Gasteiger partial charge in [0.05, 0.1) is 0 Å². The molecule has 0 atom stereocenters. The number of nitrogens with one attached hydrogen (secondary N) is 2. The molecule has 0 aliphatic carbocycles. The lowest BCUT2D eigenvalue weighted by molar-refractivity contribution is -0.117. The Hall–Kier alpha value is -3.15. The average Bonchev–Trinajstić information content (AvgIpc) is 2.56. The first-order chi connectivity index (χ1) is 12.3. The van der Waals surface area contributed by atoms with E-state index in [0.29, 0.717) is 11.4 Å². The van der Waals surface area contributed by atoms with E-state index in [1.165, 1.54) is 13.8 Å². The fourth-order valence-corrected chi connectivity index (χ4v) is 2.51. The second kappa shape index (κ2) is 8.80. The van der Waals surface area contributed by atoms with Gasteiger partial charge < -0.3 is 15.5 Å². The monoisotopic (exact) mass is 353 g/mol. The molecular formula is C20H23N3O3. The van der Waals surface area contributed by atoms with Crippen molar-refractivity contribution in [1.82, 2.24) is 0 Å². The highest BCUT2D eigenvalue weighted by Crippen LogP contribution is 2.17. The number of amides is 3. The molecule has 0 radical (unpaired) electrons. The molecule has 0 fully saturated rings. The largest absolute Gasteiger partial charge is 0.326 e. The van der Waals surface area contributed by atoms with E-state index in [0.717, 1.165) is 11.3 Å². The summed E-state index contributed by atoms with van der Waals surface area (Å²) in [6.45, 7) is 5.17. The summed E-state index contributed by atoms with van der Waals surface area (Å²) in [5.41, 5.74) is 3.07. The molecular weight excluding hydrogens is 330 g/mol. The summed E-state index contributed by atoms with van der Waals surface area (Å²) in [5.74, 6) is -0.499. The molecule has 0 aromatic heterocycles. The Morgan fingerprint density at radius 1 is 0.923 bits per heavy atom. The van der Waals surface area contributed by atoms with Crippen LogP contribution in [0.2, 0.25) is 0 Å². The fourth-order valence-electron chi connectivity index (χ4n) is 2.51. The van der Waals surface area contributed by atoms with Crippen LogP contribution in [0.15, 0.2) is 48.5 Å². The zero-order chi connectivity index (χ0) is 19.1. The van der Waals surface area contributed by atoms with E-state index in [-0.39, 0.29) is 30.7 Å². The third-order valence-corrected chi connectivity index (χ3v) is 3.75. The Labute approximate surface area is 153 Å². The molecule has 0 spiro atoms. The van der Waals surface area contributed by atoms with Crippen LogP contribution < -0.4 is 15.5 Å². The summed E-state index contributed by atoms with van der Waals surface area (Å²) in [4.78, 5) is 36.8. The van der Waals surface area contributed by atoms with Crippen molar-refractivity contribution in [3.63, 3.8) is 0 Å². The number of hydrogen-bond acceptors (Lipinski definition) is 3. The Bertz CT molecular complexity index is 800. The smallest absolute Gasteiger partial charge is 0.226 e. The lowest BCUT2D eigenvalue weighted by atomic mass is 10.2. The van der Waals surface area contributed by atoms with E-state index in [1.807, 2.05) is 31.2 Å². The maximum absolute atomic E-state index is 12.2. The van der Waals surface area contributed by atoms with Gasteiger partial charge in [-0.2, -0.15) is 0 Å². The van der Waals surface area contributed by atoms with Crippen molar-refractivity contribution in [2.75, 3.05) is 22.1 Å². The molecule has 2 N–H and O–H groups in total. The van der Waals surface area contributed by atoms with Gasteiger partial charge >= 0.3 is 0 Å². The topological polar surface area (TPSA) is 78.5 Å². The van der Waals surface area contributed by atoms with E-state index in [4.69, 9.17) is 0 Å². The molecule has 0 aliphatic rings. The number of aryl methyl sites for hydroxylation is 1. The van der Waals surface area contributed by atoms with Crippen molar-refractivity contribution >= 4 is 34.8 Å². The van der Waals surface area contributed by atoms with Crippen molar-refractivity contribution in [2.45, 2.75) is 27.2 Å². The third-order valence-electron chi connectivity index (χ3n) is 3.75. The number of benzene rings is 2. The van der Waals surface area contributed by atoms with Crippen LogP contribution in [0.3, 0.4) is 0 Å². The van der Waals surface area contributed by atoms with Crippen LogP contribution in [0.4, 0.5) is 17.1 Å². The first kappa shape index (κ1) is 19.2. The second-order valence-corrected chi connectivity index (χ2v) is 6.07. The van der Waals surface area contributed by atoms with Crippen molar-refractivity contribution in [3.05, 3.63) is 54.1 Å². The van der Waals surface area contributed by atoms with Crippen LogP contribution in [-0.2, 0) is 14.4 Å². The van der Waals surface area contributed by atoms with E-state index in [1.54, 1.807) is 29.2 Å². The molecule has 136 valence electrons. The quantitative estimate of drug-likeness (QED) is 0.836. The van der Waals surface area contributed by atoms with E-state index in [9.17, 15) is 14.4 Å². The van der Waals surface area contributed by atoms with Gasteiger partial charge in [-0.15, -0.1) is 0 Å². The molecule has 3 amide bonds. The number of rotatable bonds is 6. The second-order valence-electron chi connectivity index (χ2n) is 6.07. The summed E-state index contributed by atoms with van der Waals surface area (Å²) >= 11 is 0. The molecule has 0 saturated carbocycles. The van der Waals surface area contributed by atoms with Crippen LogP contribution in [0.1, 0.15) is 25.8 Å². The van der Waals surface area contributed by atoms with Crippen molar-refractivity contribution in [2.24, 2.45) is 0 Å². The summed E-state index contributed by atoms with van der Waals surface area (Å²) in [5, 5.41) is 5.45. The zero-order valence-electron chi connectivity index (χ0n) is 15.2. The Morgan fingerprint density at radius 3 is 2.12 bits per heavy atom. The van der Waals surface area contributed by atoms with Gasteiger partial charge in [-0.1, -0.05) is 23.8 Å². The van der Waals surface area contributed by atoms with Crippen molar-refractivity contribution < 1.29 is 14.4 Å². The van der Waals surface area contributed by atoms with Gasteiger partial charge in [-0.3, -0.25) is 14.4 Å². The summed E-state index contributed by atoms with van der Waals surface area (Å²) in [6, 6.07) is 14.5. The molecule has 0 aliphatic heterocycles. The standard InChI is InChI=1S/C20H23N3O3/c1-14-7-9-19(10-8-14)23(16(3)25)12-11-20(26)22-18-6-4-5-17(13-18)21-15(2)24/h4-10,13H,11-12H2,1-3H3,(H,21,24)(H,22,26). The normalized spacial score (nSPS) is 10.1. The Balaban J connectivity index is 1.97. The first-order valence-corrected chi connectivity index (χ1v) is 8.37. The number of nitrogens with zero attached hydrogens (tertiary/aromatic N) is 1. The minimum Gasteiger partial charge on any atom is -0.326 e. The molecule has 2 aromatic rings. The molecule has 0 saturated heterocycles. The third kappa shape index (κ3) is 5.73. The highest BCUT2D eigenvalue weighted by Gasteiger charge is 2.13. The Morgan fingerprint density at radius 2 is 1.54 bits per heavy atom. The lowest BCUT2D eigenvalue weighted by Gasteiger charge is -2.21. The summed E-state index contributed by atoms with van der Waals surface area (Å²) in [6.07, 6.45) is 0.165. The zero-order valence-corrected chi connectivity index (χ0v) is 15.2. The fraction of sp³-hybridized carbons (Fsp3) is 0.250. The molecule has 0 heterocycles. The number of carbonyl (C=O) groups is 3. The van der Waals surface area contributed by atoms with E-state index in [2.05, 4.69) is 10.6 Å². The van der Waals surface area contributed by atoms with Crippen LogP contribution in [0.5, 0.6) is 0 Å². The molecule has 2 rings (SSSR count). The van der Waals surface area contributed by atoms with Crippen molar-refractivity contribution in [3.8, 4) is 0 Å². The van der Waals surface area contributed by atoms with E-state index < -0.39 is 0 Å². The van der Waals surface area contributed by atoms with Gasteiger partial charge in [0.15, 0.2) is 0 Å². The molecule has 0 unspecified atom stereocenters. The highest BCUT2D eigenvalue weighted by atomic mass is 16.2.